The lowest BCUT2D eigenvalue weighted by Crippen LogP contribution is -2.26. The van der Waals surface area contributed by atoms with E-state index in [0.717, 1.165) is 17.0 Å². The van der Waals surface area contributed by atoms with Crippen molar-refractivity contribution < 1.29 is 0 Å². The largest absolute Gasteiger partial charge is 0.303 e. The number of nitrogens with one attached hydrogen (secondary N) is 1. The molecule has 0 aliphatic rings. The summed E-state index contributed by atoms with van der Waals surface area (Å²) in [4.78, 5) is 3.53. The minimum Gasteiger partial charge on any atom is -0.303 e. The van der Waals surface area contributed by atoms with Crippen molar-refractivity contribution in [2.75, 3.05) is 25.1 Å². The van der Waals surface area contributed by atoms with Gasteiger partial charge >= 0.3 is 0 Å². The number of unbranched alkanes of at least 4 members (excludes halogenated alkanes) is 2. The summed E-state index contributed by atoms with van der Waals surface area (Å²) < 4.78 is 0. The van der Waals surface area contributed by atoms with Gasteiger partial charge in [-0.1, -0.05) is 13.8 Å². The highest BCUT2D eigenvalue weighted by Gasteiger charge is 2.00. The third kappa shape index (κ3) is 8.79. The Hall–Kier alpha value is -1.00. The maximum Gasteiger partial charge on any atom is 0.0562 e. The van der Waals surface area contributed by atoms with Crippen molar-refractivity contribution in [3.05, 3.63) is 24.3 Å². The molecule has 0 radical (unpaired) electrons. The standard InChI is InChI=1S/C17H29N3S/c1-3-13-20(14-4-2)15-7-5-6-12-18-19-16-8-10-17(21)11-9-16/h8-12,19,21H,3-7,13-15H2,1-2H3/b18-12+. The van der Waals surface area contributed by atoms with Gasteiger partial charge < -0.3 is 4.90 Å². The highest BCUT2D eigenvalue weighted by molar-refractivity contribution is 7.80. The second kappa shape index (κ2) is 11.6. The summed E-state index contributed by atoms with van der Waals surface area (Å²) in [5.41, 5.74) is 4.04. The van der Waals surface area contributed by atoms with Crippen molar-refractivity contribution in [1.82, 2.24) is 4.90 Å². The monoisotopic (exact) mass is 307 g/mol. The van der Waals surface area contributed by atoms with Gasteiger partial charge in [0.25, 0.3) is 0 Å². The highest BCUT2D eigenvalue weighted by atomic mass is 32.1. The molecule has 0 spiro atoms. The topological polar surface area (TPSA) is 27.6 Å². The molecule has 0 bridgehead atoms. The molecule has 1 aromatic carbocycles. The number of anilines is 1. The van der Waals surface area contributed by atoms with Gasteiger partial charge in [0.15, 0.2) is 0 Å². The molecular weight excluding hydrogens is 278 g/mol. The number of nitrogens with zero attached hydrogens (tertiary/aromatic N) is 2. The number of hydrogen-bond donors (Lipinski definition) is 2. The first-order chi connectivity index (χ1) is 10.3. The van der Waals surface area contributed by atoms with Crippen molar-refractivity contribution in [3.8, 4) is 0 Å². The van der Waals surface area contributed by atoms with Gasteiger partial charge in [0.2, 0.25) is 0 Å². The average molecular weight is 308 g/mol. The summed E-state index contributed by atoms with van der Waals surface area (Å²) in [5.74, 6) is 0. The van der Waals surface area contributed by atoms with Crippen LogP contribution in [0.2, 0.25) is 0 Å². The van der Waals surface area contributed by atoms with E-state index in [0.29, 0.717) is 0 Å². The normalized spacial score (nSPS) is 11.4. The van der Waals surface area contributed by atoms with E-state index >= 15 is 0 Å². The molecular formula is C17H29N3S. The minimum atomic E-state index is 0.966. The molecule has 3 nitrogen and oxygen atoms in total. The van der Waals surface area contributed by atoms with E-state index in [1.165, 1.54) is 45.3 Å². The van der Waals surface area contributed by atoms with Crippen LogP contribution in [0.15, 0.2) is 34.3 Å². The van der Waals surface area contributed by atoms with Crippen LogP contribution in [-0.4, -0.2) is 30.7 Å². The molecule has 0 aliphatic carbocycles. The molecule has 0 aromatic heterocycles. The summed E-state index contributed by atoms with van der Waals surface area (Å²) in [6, 6.07) is 7.87. The van der Waals surface area contributed by atoms with Gasteiger partial charge in [0.05, 0.1) is 5.69 Å². The molecule has 0 saturated carbocycles. The van der Waals surface area contributed by atoms with Gasteiger partial charge in [-0.3, -0.25) is 5.43 Å². The lowest BCUT2D eigenvalue weighted by atomic mass is 10.2. The first kappa shape index (κ1) is 18.1. The predicted octanol–water partition coefficient (Wildman–Crippen LogP) is 4.67. The molecule has 0 amide bonds. The Balaban J connectivity index is 2.10. The number of rotatable bonds is 11. The lowest BCUT2D eigenvalue weighted by Gasteiger charge is -2.20. The maximum atomic E-state index is 4.26. The molecule has 1 aromatic rings. The van der Waals surface area contributed by atoms with E-state index in [9.17, 15) is 0 Å². The Morgan fingerprint density at radius 1 is 1.05 bits per heavy atom. The van der Waals surface area contributed by atoms with Crippen molar-refractivity contribution in [2.45, 2.75) is 50.8 Å². The third-order valence-electron chi connectivity index (χ3n) is 3.29. The number of hydrazone groups is 1. The van der Waals surface area contributed by atoms with Crippen LogP contribution in [0.4, 0.5) is 5.69 Å². The first-order valence-electron chi connectivity index (χ1n) is 8.05. The molecule has 4 heteroatoms. The smallest absolute Gasteiger partial charge is 0.0562 e. The van der Waals surface area contributed by atoms with E-state index in [4.69, 9.17) is 0 Å². The maximum absolute atomic E-state index is 4.26. The second-order valence-corrected chi connectivity index (χ2v) is 5.82. The van der Waals surface area contributed by atoms with Crippen LogP contribution in [-0.2, 0) is 0 Å². The van der Waals surface area contributed by atoms with E-state index in [2.05, 4.69) is 41.9 Å². The molecule has 0 aliphatic heterocycles. The highest BCUT2D eigenvalue weighted by Crippen LogP contribution is 2.11. The summed E-state index contributed by atoms with van der Waals surface area (Å²) in [6.45, 7) is 8.17. The molecule has 0 saturated heterocycles. The molecule has 1 rings (SSSR count). The zero-order valence-electron chi connectivity index (χ0n) is 13.4. The lowest BCUT2D eigenvalue weighted by molar-refractivity contribution is 0.270. The molecule has 0 fully saturated rings. The number of benzene rings is 1. The van der Waals surface area contributed by atoms with Crippen LogP contribution < -0.4 is 5.43 Å². The van der Waals surface area contributed by atoms with Gasteiger partial charge in [-0.25, -0.2) is 0 Å². The third-order valence-corrected chi connectivity index (χ3v) is 3.59. The Labute approximate surface area is 135 Å². The molecule has 1 N–H and O–H groups in total. The van der Waals surface area contributed by atoms with Gasteiger partial charge in [-0.15, -0.1) is 12.6 Å². The fourth-order valence-electron chi connectivity index (χ4n) is 2.26. The van der Waals surface area contributed by atoms with E-state index in [-0.39, 0.29) is 0 Å². The SMILES string of the molecule is CCCN(CCC)CCCC/C=N/Nc1ccc(S)cc1. The van der Waals surface area contributed by atoms with Crippen LogP contribution in [0.5, 0.6) is 0 Å². The van der Waals surface area contributed by atoms with Gasteiger partial charge in [0.1, 0.15) is 0 Å². The van der Waals surface area contributed by atoms with Crippen LogP contribution in [0.25, 0.3) is 0 Å². The predicted molar refractivity (Wildman–Crippen MR) is 96.7 cm³/mol. The van der Waals surface area contributed by atoms with Crippen LogP contribution >= 0.6 is 12.6 Å². The van der Waals surface area contributed by atoms with Crippen molar-refractivity contribution in [2.24, 2.45) is 5.10 Å². The number of hydrogen-bond acceptors (Lipinski definition) is 4. The minimum absolute atomic E-state index is 0.966. The Morgan fingerprint density at radius 3 is 2.33 bits per heavy atom. The average Bonchev–Trinajstić information content (AvgIpc) is 2.48. The van der Waals surface area contributed by atoms with Gasteiger partial charge in [-0.2, -0.15) is 5.10 Å². The van der Waals surface area contributed by atoms with Gasteiger partial charge in [0, 0.05) is 11.1 Å². The van der Waals surface area contributed by atoms with Crippen molar-refractivity contribution >= 4 is 24.5 Å². The Morgan fingerprint density at radius 2 is 1.71 bits per heavy atom. The molecule has 21 heavy (non-hydrogen) atoms. The molecule has 118 valence electrons. The van der Waals surface area contributed by atoms with Crippen LogP contribution in [0.1, 0.15) is 46.0 Å². The zero-order valence-corrected chi connectivity index (χ0v) is 14.3. The fourth-order valence-corrected chi connectivity index (χ4v) is 2.41. The molecule has 0 unspecified atom stereocenters. The fraction of sp³-hybridized carbons (Fsp3) is 0.588. The van der Waals surface area contributed by atoms with Crippen molar-refractivity contribution in [3.63, 3.8) is 0 Å². The summed E-state index contributed by atoms with van der Waals surface area (Å²) in [7, 11) is 0. The number of thiol groups is 1. The quantitative estimate of drug-likeness (QED) is 0.269. The van der Waals surface area contributed by atoms with Crippen LogP contribution in [0.3, 0.4) is 0 Å². The van der Waals surface area contributed by atoms with Crippen LogP contribution in [0, 0.1) is 0 Å². The zero-order chi connectivity index (χ0) is 15.3. The Bertz CT molecular complexity index is 384. The second-order valence-electron chi connectivity index (χ2n) is 5.31. The molecule has 0 atom stereocenters. The molecule has 0 heterocycles. The summed E-state index contributed by atoms with van der Waals surface area (Å²) in [6.07, 6.45) is 7.94. The van der Waals surface area contributed by atoms with E-state index < -0.39 is 0 Å². The van der Waals surface area contributed by atoms with E-state index in [1.807, 2.05) is 30.5 Å². The summed E-state index contributed by atoms with van der Waals surface area (Å²) >= 11 is 4.26. The van der Waals surface area contributed by atoms with E-state index in [1.54, 1.807) is 0 Å². The van der Waals surface area contributed by atoms with Gasteiger partial charge in [-0.05, 0) is 76.0 Å². The Kier molecular flexibility index (Phi) is 10.0. The summed E-state index contributed by atoms with van der Waals surface area (Å²) in [5, 5.41) is 4.25. The van der Waals surface area contributed by atoms with Crippen molar-refractivity contribution in [1.29, 1.82) is 0 Å². The first-order valence-corrected chi connectivity index (χ1v) is 8.50.